The van der Waals surface area contributed by atoms with Crippen LogP contribution >= 0.6 is 0 Å². The normalized spacial score (nSPS) is 25.4. The van der Waals surface area contributed by atoms with Crippen molar-refractivity contribution in [3.8, 4) is 0 Å². The van der Waals surface area contributed by atoms with Crippen LogP contribution in [0.5, 0.6) is 0 Å². The number of para-hydroxylation sites is 1. The molecule has 0 radical (unpaired) electrons. The summed E-state index contributed by atoms with van der Waals surface area (Å²) in [5, 5.41) is 29.1. The van der Waals surface area contributed by atoms with Crippen LogP contribution in [-0.4, -0.2) is 77.0 Å². The average Bonchev–Trinajstić information content (AvgIpc) is 3.92. The van der Waals surface area contributed by atoms with Crippen LogP contribution in [0.25, 0.3) is 0 Å². The number of anilines is 4. The van der Waals surface area contributed by atoms with Gasteiger partial charge in [0, 0.05) is 123 Å². The lowest BCUT2D eigenvalue weighted by Crippen LogP contribution is -2.51. The van der Waals surface area contributed by atoms with E-state index in [1.54, 1.807) is 71.0 Å². The Bertz CT molecular complexity index is 3040. The molecule has 0 bridgehead atoms. The molecule has 22 heteroatoms. The zero-order chi connectivity index (χ0) is 53.8. The van der Waals surface area contributed by atoms with E-state index in [1.165, 1.54) is 4.68 Å². The second-order valence-corrected chi connectivity index (χ2v) is 23.3. The Morgan fingerprint density at radius 3 is 1.40 bits per heavy atom. The van der Waals surface area contributed by atoms with Crippen molar-refractivity contribution in [3.63, 3.8) is 0 Å². The van der Waals surface area contributed by atoms with Gasteiger partial charge in [-0.3, -0.25) is 20.1 Å². The fourth-order valence-corrected chi connectivity index (χ4v) is 13.0. The minimum absolute atomic E-state index is 0.0476. The predicted octanol–water partition coefficient (Wildman–Crippen LogP) is 12.8. The molecule has 0 unspecified atom stereocenters. The maximum atomic E-state index is 14.8. The van der Waals surface area contributed by atoms with Gasteiger partial charge in [0.25, 0.3) is 11.8 Å². The number of halogens is 8. The maximum Gasteiger partial charge on any atom is 0.324 e. The van der Waals surface area contributed by atoms with E-state index in [0.717, 1.165) is 24.8 Å². The second-order valence-electron chi connectivity index (χ2n) is 23.3. The Hall–Kier alpha value is -6.48. The number of hydrogen-bond donors (Lipinski definition) is 5. The van der Waals surface area contributed by atoms with Gasteiger partial charge in [-0.1, -0.05) is 42.8 Å². The van der Waals surface area contributed by atoms with Crippen LogP contribution in [0, 0.1) is 11.8 Å². The molecule has 0 saturated heterocycles. The van der Waals surface area contributed by atoms with E-state index in [4.69, 9.17) is 10.2 Å². The second kappa shape index (κ2) is 19.2. The number of rotatable bonds is 16. The van der Waals surface area contributed by atoms with E-state index in [2.05, 4.69) is 31.7 Å². The van der Waals surface area contributed by atoms with E-state index in [1.807, 2.05) is 6.07 Å². The first-order valence-electron chi connectivity index (χ1n) is 27.0. The van der Waals surface area contributed by atoms with Gasteiger partial charge >= 0.3 is 12.1 Å². The Balaban J connectivity index is 0.826. The van der Waals surface area contributed by atoms with Gasteiger partial charge in [-0.05, 0) is 92.4 Å². The molecule has 7 aliphatic rings. The minimum atomic E-state index is -2.92. The Kier molecular flexibility index (Phi) is 12.8. The van der Waals surface area contributed by atoms with Crippen LogP contribution in [-0.2, 0) is 20.1 Å². The van der Waals surface area contributed by atoms with Crippen molar-refractivity contribution < 1.29 is 49.5 Å². The lowest BCUT2D eigenvalue weighted by molar-refractivity contribution is -0.0898. The number of nitrogens with one attached hydrogen (secondary N) is 5. The Labute approximate surface area is 438 Å². The van der Waals surface area contributed by atoms with E-state index in [9.17, 15) is 49.5 Å². The number of benzene rings is 2. The summed E-state index contributed by atoms with van der Waals surface area (Å²) in [6.45, 7) is 0.538. The molecule has 12 rings (SSSR count). The van der Waals surface area contributed by atoms with E-state index < -0.39 is 85.2 Å². The van der Waals surface area contributed by atoms with Crippen LogP contribution in [0.3, 0.4) is 0 Å². The molecule has 3 aromatic heterocycles. The molecule has 7 saturated carbocycles. The molecule has 7 aliphatic carbocycles. The SMILES string of the molecule is Cn1nc(C2CC(F)(F)C2)c(C2CC(Cn3nc(C4CC(F)(F)C4)c(C4CC(Cn5nc(C6CC(F)(F)C6)c(C6CCC6)c5NC(=O)c5ccccc5)C4)c3NC(=O)NC3CC(F)(F)C3)C2)c1NC(=O)Nc1ccccc1. The number of alkyl halides is 8. The molecule has 5 aromatic rings. The van der Waals surface area contributed by atoms with Gasteiger partial charge in [0.05, 0.1) is 17.1 Å². The van der Waals surface area contributed by atoms with Crippen molar-refractivity contribution >= 4 is 41.1 Å². The molecule has 5 N–H and O–H groups in total. The van der Waals surface area contributed by atoms with Crippen LogP contribution in [0.15, 0.2) is 60.7 Å². The summed E-state index contributed by atoms with van der Waals surface area (Å²) in [5.41, 5.74) is 4.53. The standard InChI is InChI=1S/C55H61F8N11O3/c1-72-46(67-50(76)64-38-13-6-3-7-14-38)41(43(69-72)35-19-52(56,57)20-35)33-15-29(16-33)28-74-48(68-51(77)65-39-25-55(62,63)26-39)42(45(71-74)37-23-54(60,61)24-37)34-17-30(18-34)27-73-47(66-49(75)32-9-4-2-5-10-32)40(31-11-8-12-31)44(70-73)36-21-53(58,59)22-36/h2-7,9-10,13-14,29-31,33-37,39H,8,11-12,15-28H2,1H3,(H,66,75)(H2,64,67,76)(H2,65,68,77). The van der Waals surface area contributed by atoms with Gasteiger partial charge in [0.15, 0.2) is 0 Å². The Morgan fingerprint density at radius 1 is 0.506 bits per heavy atom. The molecule has 3 heterocycles. The van der Waals surface area contributed by atoms with Gasteiger partial charge in [-0.25, -0.2) is 54.1 Å². The molecule has 0 aliphatic heterocycles. The first-order chi connectivity index (χ1) is 36.6. The highest BCUT2D eigenvalue weighted by Crippen LogP contribution is 2.58. The van der Waals surface area contributed by atoms with Crippen LogP contribution in [0.4, 0.5) is 67.9 Å². The lowest BCUT2D eigenvalue weighted by atomic mass is 9.68. The topological polar surface area (TPSA) is 165 Å². The first kappa shape index (κ1) is 51.3. The Morgan fingerprint density at radius 2 is 0.935 bits per heavy atom. The molecule has 77 heavy (non-hydrogen) atoms. The van der Waals surface area contributed by atoms with Gasteiger partial charge in [-0.15, -0.1) is 0 Å². The number of carbonyl (C=O) groups excluding carboxylic acids is 3. The molecule has 0 atom stereocenters. The van der Waals surface area contributed by atoms with Gasteiger partial charge in [-0.2, -0.15) is 15.3 Å². The molecular formula is C55H61F8N11O3. The van der Waals surface area contributed by atoms with Crippen LogP contribution < -0.4 is 26.6 Å². The van der Waals surface area contributed by atoms with E-state index in [-0.39, 0.29) is 73.5 Å². The number of aromatic nitrogens is 6. The smallest absolute Gasteiger partial charge is 0.324 e. The molecule has 0 spiro atoms. The summed E-state index contributed by atoms with van der Waals surface area (Å²) in [5.74, 6) is -13.0. The number of nitrogens with zero attached hydrogens (tertiary/aromatic N) is 6. The van der Waals surface area contributed by atoms with E-state index in [0.29, 0.717) is 83.3 Å². The van der Waals surface area contributed by atoms with Crippen molar-refractivity contribution in [1.82, 2.24) is 34.7 Å². The number of aryl methyl sites for hydroxylation is 1. The highest BCUT2D eigenvalue weighted by Gasteiger charge is 2.53. The lowest BCUT2D eigenvalue weighted by Gasteiger charge is -2.40. The first-order valence-corrected chi connectivity index (χ1v) is 27.0. The monoisotopic (exact) mass is 1080 g/mol. The van der Waals surface area contributed by atoms with Crippen LogP contribution in [0.2, 0.25) is 0 Å². The average molecular weight is 1080 g/mol. The number of hydrogen-bond acceptors (Lipinski definition) is 6. The highest BCUT2D eigenvalue weighted by molar-refractivity contribution is 6.04. The van der Waals surface area contributed by atoms with Crippen molar-refractivity contribution in [3.05, 3.63) is 100.0 Å². The molecule has 5 amide bonds. The summed E-state index contributed by atoms with van der Waals surface area (Å²) < 4.78 is 120. The summed E-state index contributed by atoms with van der Waals surface area (Å²) in [6, 6.07) is 15.4. The predicted molar refractivity (Wildman–Crippen MR) is 270 cm³/mol. The number of amides is 5. The maximum absolute atomic E-state index is 14.8. The molecule has 14 nitrogen and oxygen atoms in total. The molecule has 410 valence electrons. The summed E-state index contributed by atoms with van der Waals surface area (Å²) in [4.78, 5) is 40.9. The van der Waals surface area contributed by atoms with Crippen molar-refractivity contribution in [2.45, 2.75) is 175 Å². The molecule has 2 aromatic carbocycles. The fourth-order valence-electron chi connectivity index (χ4n) is 13.0. The third-order valence-electron chi connectivity index (χ3n) is 17.4. The van der Waals surface area contributed by atoms with E-state index >= 15 is 0 Å². The number of carbonyl (C=O) groups is 3. The van der Waals surface area contributed by atoms with Crippen molar-refractivity contribution in [2.24, 2.45) is 18.9 Å². The van der Waals surface area contributed by atoms with Gasteiger partial charge in [0.1, 0.15) is 17.5 Å². The minimum Gasteiger partial charge on any atom is -0.335 e. The van der Waals surface area contributed by atoms with Crippen molar-refractivity contribution in [2.75, 3.05) is 21.3 Å². The summed E-state index contributed by atoms with van der Waals surface area (Å²) in [6.07, 6.45) is 1.25. The summed E-state index contributed by atoms with van der Waals surface area (Å²) >= 11 is 0. The van der Waals surface area contributed by atoms with Crippen molar-refractivity contribution in [1.29, 1.82) is 0 Å². The third kappa shape index (κ3) is 10.3. The fraction of sp³-hybridized carbons (Fsp3) is 0.564. The molecule has 7 fully saturated rings. The zero-order valence-corrected chi connectivity index (χ0v) is 42.4. The molecular weight excluding hydrogens is 1010 g/mol. The number of urea groups is 2. The van der Waals surface area contributed by atoms with Gasteiger partial charge < -0.3 is 16.0 Å². The third-order valence-corrected chi connectivity index (χ3v) is 17.4. The van der Waals surface area contributed by atoms with Gasteiger partial charge in [0.2, 0.25) is 17.8 Å². The zero-order valence-electron chi connectivity index (χ0n) is 42.4. The summed E-state index contributed by atoms with van der Waals surface area (Å²) in [7, 11) is 1.65. The largest absolute Gasteiger partial charge is 0.335 e. The van der Waals surface area contributed by atoms with Crippen LogP contribution in [0.1, 0.15) is 176 Å². The highest BCUT2D eigenvalue weighted by atomic mass is 19.3. The quantitative estimate of drug-likeness (QED) is 0.0617.